The standard InChI is InChI=1S/C15H24N2O3/c16-9-15(4-1-5-15)14(20)17-11-2-3-12(17)7-10(6-11)8-13(18)19/h10-12H,1-9,16H2,(H,18,19). The number of hydrogen-bond acceptors (Lipinski definition) is 3. The van der Waals surface area contributed by atoms with Gasteiger partial charge in [0.25, 0.3) is 0 Å². The third kappa shape index (κ3) is 2.12. The molecule has 20 heavy (non-hydrogen) atoms. The van der Waals surface area contributed by atoms with Gasteiger partial charge >= 0.3 is 5.97 Å². The van der Waals surface area contributed by atoms with Crippen molar-refractivity contribution in [2.75, 3.05) is 6.54 Å². The van der Waals surface area contributed by atoms with Crippen LogP contribution in [0.4, 0.5) is 0 Å². The molecular formula is C15H24N2O3. The first-order chi connectivity index (χ1) is 9.55. The van der Waals surface area contributed by atoms with Crippen molar-refractivity contribution in [1.29, 1.82) is 0 Å². The number of fused-ring (bicyclic) bond motifs is 2. The molecule has 3 aliphatic rings. The molecule has 0 aromatic carbocycles. The van der Waals surface area contributed by atoms with Crippen LogP contribution in [0.5, 0.6) is 0 Å². The highest BCUT2D eigenvalue weighted by molar-refractivity contribution is 5.85. The summed E-state index contributed by atoms with van der Waals surface area (Å²) < 4.78 is 0. The van der Waals surface area contributed by atoms with Crippen LogP contribution in [0.15, 0.2) is 0 Å². The minimum atomic E-state index is -0.716. The van der Waals surface area contributed by atoms with Crippen LogP contribution < -0.4 is 5.73 Å². The fraction of sp³-hybridized carbons (Fsp3) is 0.867. The van der Waals surface area contributed by atoms with Crippen LogP contribution in [0.1, 0.15) is 51.4 Å². The molecule has 1 amide bonds. The lowest BCUT2D eigenvalue weighted by atomic mass is 9.67. The highest BCUT2D eigenvalue weighted by Gasteiger charge is 2.51. The van der Waals surface area contributed by atoms with Crippen molar-refractivity contribution in [3.8, 4) is 0 Å². The maximum Gasteiger partial charge on any atom is 0.303 e. The highest BCUT2D eigenvalue weighted by Crippen LogP contribution is 2.47. The van der Waals surface area contributed by atoms with Crippen LogP contribution in [0.25, 0.3) is 0 Å². The van der Waals surface area contributed by atoms with Crippen LogP contribution in [-0.4, -0.2) is 40.5 Å². The number of aliphatic carboxylic acids is 1. The number of carboxylic acids is 1. The number of carbonyl (C=O) groups is 2. The van der Waals surface area contributed by atoms with Crippen molar-refractivity contribution in [3.63, 3.8) is 0 Å². The maximum atomic E-state index is 12.9. The molecule has 5 heteroatoms. The summed E-state index contributed by atoms with van der Waals surface area (Å²) in [6.07, 6.45) is 6.99. The predicted octanol–water partition coefficient (Wildman–Crippen LogP) is 1.36. The molecule has 0 aromatic heterocycles. The first-order valence-corrected chi connectivity index (χ1v) is 7.80. The Labute approximate surface area is 119 Å². The monoisotopic (exact) mass is 280 g/mol. The first-order valence-electron chi connectivity index (χ1n) is 7.80. The van der Waals surface area contributed by atoms with Gasteiger partial charge in [-0.1, -0.05) is 6.42 Å². The molecule has 2 saturated heterocycles. The van der Waals surface area contributed by atoms with E-state index in [4.69, 9.17) is 10.8 Å². The first kappa shape index (κ1) is 13.9. The van der Waals surface area contributed by atoms with Crippen molar-refractivity contribution < 1.29 is 14.7 Å². The zero-order chi connectivity index (χ0) is 14.3. The molecule has 3 fully saturated rings. The SMILES string of the molecule is NCC1(C(=O)N2C3CCC2CC(CC(=O)O)C3)CCC1. The van der Waals surface area contributed by atoms with E-state index in [1.807, 2.05) is 0 Å². The summed E-state index contributed by atoms with van der Waals surface area (Å²) in [6, 6.07) is 0.518. The molecule has 3 N–H and O–H groups in total. The Morgan fingerprint density at radius 1 is 1.20 bits per heavy atom. The molecule has 2 atom stereocenters. The molecule has 0 radical (unpaired) electrons. The summed E-state index contributed by atoms with van der Waals surface area (Å²) in [7, 11) is 0. The molecule has 2 aliphatic heterocycles. The smallest absolute Gasteiger partial charge is 0.303 e. The Balaban J connectivity index is 1.71. The van der Waals surface area contributed by atoms with Crippen LogP contribution >= 0.6 is 0 Å². The largest absolute Gasteiger partial charge is 0.481 e. The molecule has 2 bridgehead atoms. The van der Waals surface area contributed by atoms with Crippen LogP contribution in [0.2, 0.25) is 0 Å². The second-order valence-electron chi connectivity index (χ2n) is 6.87. The number of nitrogens with two attached hydrogens (primary N) is 1. The van der Waals surface area contributed by atoms with Gasteiger partial charge in [0.2, 0.25) is 5.91 Å². The minimum absolute atomic E-state index is 0.240. The fourth-order valence-corrected chi connectivity index (χ4v) is 4.42. The third-order valence-corrected chi connectivity index (χ3v) is 5.68. The van der Waals surface area contributed by atoms with Gasteiger partial charge in [-0.15, -0.1) is 0 Å². The average molecular weight is 280 g/mol. The zero-order valence-electron chi connectivity index (χ0n) is 11.9. The van der Waals surface area contributed by atoms with Gasteiger partial charge in [-0.25, -0.2) is 0 Å². The Hall–Kier alpha value is -1.10. The van der Waals surface area contributed by atoms with Gasteiger partial charge in [-0.05, 0) is 44.4 Å². The van der Waals surface area contributed by atoms with Gasteiger partial charge in [0.05, 0.1) is 5.41 Å². The fourth-order valence-electron chi connectivity index (χ4n) is 4.42. The number of carbonyl (C=O) groups excluding carboxylic acids is 1. The quantitative estimate of drug-likeness (QED) is 0.814. The van der Waals surface area contributed by atoms with E-state index < -0.39 is 5.97 Å². The van der Waals surface area contributed by atoms with E-state index in [1.165, 1.54) is 0 Å². The Kier molecular flexibility index (Phi) is 3.48. The Morgan fingerprint density at radius 3 is 2.20 bits per heavy atom. The third-order valence-electron chi connectivity index (χ3n) is 5.68. The van der Waals surface area contributed by atoms with Gasteiger partial charge < -0.3 is 15.7 Å². The molecule has 1 aliphatic carbocycles. The van der Waals surface area contributed by atoms with Crippen molar-refractivity contribution in [2.24, 2.45) is 17.1 Å². The number of hydrogen-bond donors (Lipinski definition) is 2. The molecule has 2 unspecified atom stereocenters. The summed E-state index contributed by atoms with van der Waals surface area (Å²) in [4.78, 5) is 25.8. The summed E-state index contributed by atoms with van der Waals surface area (Å²) in [5, 5.41) is 8.95. The Bertz CT molecular complexity index is 400. The molecule has 0 spiro atoms. The maximum absolute atomic E-state index is 12.9. The Morgan fingerprint density at radius 2 is 1.80 bits per heavy atom. The van der Waals surface area contributed by atoms with Crippen molar-refractivity contribution >= 4 is 11.9 Å². The van der Waals surface area contributed by atoms with Gasteiger partial charge in [0.15, 0.2) is 0 Å². The van der Waals surface area contributed by atoms with Crippen LogP contribution in [0, 0.1) is 11.3 Å². The summed E-state index contributed by atoms with van der Waals surface area (Å²) in [5.41, 5.74) is 5.56. The van der Waals surface area contributed by atoms with E-state index in [2.05, 4.69) is 4.90 Å². The number of rotatable bonds is 4. The summed E-state index contributed by atoms with van der Waals surface area (Å²) >= 11 is 0. The number of amides is 1. The molecule has 3 rings (SSSR count). The number of carboxylic acid groups (broad SMARTS) is 1. The molecule has 1 saturated carbocycles. The summed E-state index contributed by atoms with van der Waals surface area (Å²) in [5.74, 6) is -0.219. The molecule has 2 heterocycles. The van der Waals surface area contributed by atoms with E-state index >= 15 is 0 Å². The molecule has 112 valence electrons. The van der Waals surface area contributed by atoms with E-state index in [0.717, 1.165) is 44.9 Å². The van der Waals surface area contributed by atoms with Gasteiger partial charge in [0, 0.05) is 25.0 Å². The van der Waals surface area contributed by atoms with E-state index in [0.29, 0.717) is 6.54 Å². The van der Waals surface area contributed by atoms with Crippen molar-refractivity contribution in [2.45, 2.75) is 63.5 Å². The minimum Gasteiger partial charge on any atom is -0.481 e. The molecular weight excluding hydrogens is 256 g/mol. The average Bonchev–Trinajstić information content (AvgIpc) is 2.59. The van der Waals surface area contributed by atoms with Gasteiger partial charge in [0.1, 0.15) is 0 Å². The number of nitrogens with zero attached hydrogens (tertiary/aromatic N) is 1. The lowest BCUT2D eigenvalue weighted by Gasteiger charge is -2.47. The van der Waals surface area contributed by atoms with Gasteiger partial charge in [-0.3, -0.25) is 9.59 Å². The zero-order valence-corrected chi connectivity index (χ0v) is 11.9. The molecule has 0 aromatic rings. The van der Waals surface area contributed by atoms with Crippen LogP contribution in [0.3, 0.4) is 0 Å². The predicted molar refractivity (Wildman–Crippen MR) is 74.0 cm³/mol. The van der Waals surface area contributed by atoms with Gasteiger partial charge in [-0.2, -0.15) is 0 Å². The highest BCUT2D eigenvalue weighted by atomic mass is 16.4. The molecule has 5 nitrogen and oxygen atoms in total. The van der Waals surface area contributed by atoms with E-state index in [1.54, 1.807) is 0 Å². The second kappa shape index (κ2) is 5.02. The topological polar surface area (TPSA) is 83.6 Å². The lowest BCUT2D eigenvalue weighted by molar-refractivity contribution is -0.152. The second-order valence-corrected chi connectivity index (χ2v) is 6.87. The van der Waals surface area contributed by atoms with Crippen molar-refractivity contribution in [1.82, 2.24) is 4.90 Å². The van der Waals surface area contributed by atoms with E-state index in [-0.39, 0.29) is 35.7 Å². The summed E-state index contributed by atoms with van der Waals surface area (Å²) in [6.45, 7) is 0.459. The van der Waals surface area contributed by atoms with Crippen molar-refractivity contribution in [3.05, 3.63) is 0 Å². The van der Waals surface area contributed by atoms with Crippen LogP contribution in [-0.2, 0) is 9.59 Å². The lowest BCUT2D eigenvalue weighted by Crippen LogP contribution is -2.57. The number of piperidine rings is 1. The van der Waals surface area contributed by atoms with E-state index in [9.17, 15) is 9.59 Å². The normalized spacial score (nSPS) is 34.6.